The van der Waals surface area contributed by atoms with Crippen LogP contribution >= 0.6 is 0 Å². The minimum Gasteiger partial charge on any atom is -0.364 e. The molecule has 0 spiro atoms. The number of carbonyl (C=O) groups is 1. The lowest BCUT2D eigenvalue weighted by Gasteiger charge is -2.24. The summed E-state index contributed by atoms with van der Waals surface area (Å²) < 4.78 is 4.92. The third kappa shape index (κ3) is 2.22. The van der Waals surface area contributed by atoms with E-state index in [2.05, 4.69) is 5.16 Å². The number of likely N-dealkylation sites (tertiary alicyclic amines) is 1. The maximum absolute atomic E-state index is 12.8. The minimum absolute atomic E-state index is 0.0427. The van der Waals surface area contributed by atoms with Crippen LogP contribution < -0.4 is 0 Å². The summed E-state index contributed by atoms with van der Waals surface area (Å²) in [4.78, 5) is 14.7. The highest BCUT2D eigenvalue weighted by atomic mass is 16.5. The van der Waals surface area contributed by atoms with E-state index < -0.39 is 0 Å². The van der Waals surface area contributed by atoms with Gasteiger partial charge in [0.1, 0.15) is 12.0 Å². The van der Waals surface area contributed by atoms with Crippen LogP contribution in [0.3, 0.4) is 0 Å². The summed E-state index contributed by atoms with van der Waals surface area (Å²) in [6, 6.07) is 7.89. The number of hydrogen-bond acceptors (Lipinski definition) is 3. The van der Waals surface area contributed by atoms with Gasteiger partial charge in [0.25, 0.3) is 5.91 Å². The van der Waals surface area contributed by atoms with Crippen LogP contribution in [0.5, 0.6) is 0 Å². The Morgan fingerprint density at radius 1 is 1.35 bits per heavy atom. The Bertz CT molecular complexity index is 619. The van der Waals surface area contributed by atoms with Crippen LogP contribution in [0.15, 0.2) is 35.1 Å². The Labute approximate surface area is 118 Å². The van der Waals surface area contributed by atoms with E-state index in [0.29, 0.717) is 0 Å². The van der Waals surface area contributed by atoms with Crippen LogP contribution in [0, 0.1) is 13.8 Å². The molecule has 1 amide bonds. The molecule has 4 heteroatoms. The molecule has 4 nitrogen and oxygen atoms in total. The van der Waals surface area contributed by atoms with Gasteiger partial charge < -0.3 is 9.42 Å². The molecule has 0 saturated carbocycles. The Hall–Kier alpha value is -2.10. The van der Waals surface area contributed by atoms with E-state index in [1.165, 1.54) is 0 Å². The molecular formula is C16H18N2O2. The maximum atomic E-state index is 12.8. The summed E-state index contributed by atoms with van der Waals surface area (Å²) in [5.74, 6) is 0.0942. The summed E-state index contributed by atoms with van der Waals surface area (Å²) in [5.41, 5.74) is 3.77. The number of hydrogen-bond donors (Lipinski definition) is 0. The molecule has 1 fully saturated rings. The monoisotopic (exact) mass is 270 g/mol. The number of rotatable bonds is 2. The van der Waals surface area contributed by atoms with Crippen LogP contribution in [-0.4, -0.2) is 22.5 Å². The summed E-state index contributed by atoms with van der Waals surface area (Å²) in [6.45, 7) is 4.77. The lowest BCUT2D eigenvalue weighted by Crippen LogP contribution is -2.31. The van der Waals surface area contributed by atoms with E-state index in [1.54, 1.807) is 6.26 Å². The second-order valence-electron chi connectivity index (χ2n) is 5.40. The summed E-state index contributed by atoms with van der Waals surface area (Å²) in [6.07, 6.45) is 3.52. The minimum atomic E-state index is 0.0427. The predicted molar refractivity (Wildman–Crippen MR) is 75.4 cm³/mol. The van der Waals surface area contributed by atoms with E-state index in [4.69, 9.17) is 4.52 Å². The molecule has 0 radical (unpaired) electrons. The van der Waals surface area contributed by atoms with Crippen molar-refractivity contribution < 1.29 is 9.32 Å². The molecule has 0 aliphatic carbocycles. The standard InChI is InChI=1S/C16H18N2O2/c1-11-5-6-12(2)13(10-11)16(19)18-8-3-4-15(18)14-7-9-20-17-14/h5-7,9-10,15H,3-4,8H2,1-2H3/t15-/m0/s1. The second-order valence-corrected chi connectivity index (χ2v) is 5.40. The highest BCUT2D eigenvalue weighted by Crippen LogP contribution is 2.32. The van der Waals surface area contributed by atoms with E-state index in [0.717, 1.165) is 41.8 Å². The molecular weight excluding hydrogens is 252 g/mol. The molecule has 2 aromatic rings. The third-order valence-electron chi connectivity index (χ3n) is 3.94. The van der Waals surface area contributed by atoms with Crippen molar-refractivity contribution in [3.8, 4) is 0 Å². The van der Waals surface area contributed by atoms with Gasteiger partial charge in [0.15, 0.2) is 0 Å². The van der Waals surface area contributed by atoms with Crippen molar-refractivity contribution in [2.75, 3.05) is 6.54 Å². The van der Waals surface area contributed by atoms with Gasteiger partial charge in [-0.1, -0.05) is 22.9 Å². The van der Waals surface area contributed by atoms with Crippen LogP contribution in [0.4, 0.5) is 0 Å². The summed E-state index contributed by atoms with van der Waals surface area (Å²) >= 11 is 0. The molecule has 1 aromatic heterocycles. The van der Waals surface area contributed by atoms with Crippen molar-refractivity contribution in [1.29, 1.82) is 0 Å². The quantitative estimate of drug-likeness (QED) is 0.841. The molecule has 1 aliphatic heterocycles. The summed E-state index contributed by atoms with van der Waals surface area (Å²) in [5, 5.41) is 4.00. The number of carbonyl (C=O) groups excluding carboxylic acids is 1. The number of nitrogens with zero attached hydrogens (tertiary/aromatic N) is 2. The average molecular weight is 270 g/mol. The molecule has 0 unspecified atom stereocenters. The van der Waals surface area contributed by atoms with E-state index >= 15 is 0 Å². The first-order valence-corrected chi connectivity index (χ1v) is 6.95. The van der Waals surface area contributed by atoms with Gasteiger partial charge in [-0.2, -0.15) is 0 Å². The zero-order chi connectivity index (χ0) is 14.1. The normalized spacial score (nSPS) is 18.5. The van der Waals surface area contributed by atoms with Gasteiger partial charge in [0.05, 0.1) is 6.04 Å². The van der Waals surface area contributed by atoms with Crippen LogP contribution in [-0.2, 0) is 0 Å². The zero-order valence-corrected chi connectivity index (χ0v) is 11.8. The largest absolute Gasteiger partial charge is 0.364 e. The molecule has 20 heavy (non-hydrogen) atoms. The molecule has 104 valence electrons. The Morgan fingerprint density at radius 2 is 2.20 bits per heavy atom. The van der Waals surface area contributed by atoms with Crippen molar-refractivity contribution in [3.05, 3.63) is 52.9 Å². The van der Waals surface area contributed by atoms with Gasteiger partial charge in [0, 0.05) is 18.2 Å². The Morgan fingerprint density at radius 3 is 2.95 bits per heavy atom. The predicted octanol–water partition coefficient (Wildman–Crippen LogP) is 3.27. The van der Waals surface area contributed by atoms with Gasteiger partial charge in [0.2, 0.25) is 0 Å². The molecule has 0 N–H and O–H groups in total. The molecule has 3 rings (SSSR count). The first-order chi connectivity index (χ1) is 9.66. The highest BCUT2D eigenvalue weighted by Gasteiger charge is 2.32. The van der Waals surface area contributed by atoms with Gasteiger partial charge >= 0.3 is 0 Å². The highest BCUT2D eigenvalue weighted by molar-refractivity contribution is 5.96. The first-order valence-electron chi connectivity index (χ1n) is 6.95. The van der Waals surface area contributed by atoms with E-state index in [9.17, 15) is 4.79 Å². The number of aromatic nitrogens is 1. The molecule has 1 saturated heterocycles. The fraction of sp³-hybridized carbons (Fsp3) is 0.375. The lowest BCUT2D eigenvalue weighted by molar-refractivity contribution is 0.0730. The molecule has 1 atom stereocenters. The van der Waals surface area contributed by atoms with Gasteiger partial charge in [-0.25, -0.2) is 0 Å². The SMILES string of the molecule is Cc1ccc(C)c(C(=O)N2CCC[C@H]2c2ccon2)c1. The number of amides is 1. The van der Waals surface area contributed by atoms with Crippen molar-refractivity contribution >= 4 is 5.91 Å². The Balaban J connectivity index is 1.91. The van der Waals surface area contributed by atoms with E-state index in [-0.39, 0.29) is 11.9 Å². The zero-order valence-electron chi connectivity index (χ0n) is 11.8. The van der Waals surface area contributed by atoms with Crippen molar-refractivity contribution in [2.45, 2.75) is 32.7 Å². The lowest BCUT2D eigenvalue weighted by atomic mass is 10.0. The number of benzene rings is 1. The topological polar surface area (TPSA) is 46.3 Å². The van der Waals surface area contributed by atoms with Crippen LogP contribution in [0.1, 0.15) is 46.1 Å². The third-order valence-corrected chi connectivity index (χ3v) is 3.94. The van der Waals surface area contributed by atoms with Crippen molar-refractivity contribution in [3.63, 3.8) is 0 Å². The summed E-state index contributed by atoms with van der Waals surface area (Å²) in [7, 11) is 0. The van der Waals surface area contributed by atoms with Gasteiger partial charge in [-0.15, -0.1) is 0 Å². The van der Waals surface area contributed by atoms with Crippen LogP contribution in [0.25, 0.3) is 0 Å². The Kier molecular flexibility index (Phi) is 3.30. The fourth-order valence-corrected chi connectivity index (χ4v) is 2.83. The second kappa shape index (κ2) is 5.12. The molecule has 2 heterocycles. The average Bonchev–Trinajstić information content (AvgIpc) is 3.10. The van der Waals surface area contributed by atoms with Crippen LogP contribution in [0.2, 0.25) is 0 Å². The van der Waals surface area contributed by atoms with E-state index in [1.807, 2.05) is 43.0 Å². The smallest absolute Gasteiger partial charge is 0.254 e. The molecule has 0 bridgehead atoms. The number of aryl methyl sites for hydroxylation is 2. The first kappa shape index (κ1) is 12.9. The molecule has 1 aliphatic rings. The van der Waals surface area contributed by atoms with Crippen molar-refractivity contribution in [1.82, 2.24) is 10.1 Å². The fourth-order valence-electron chi connectivity index (χ4n) is 2.83. The maximum Gasteiger partial charge on any atom is 0.254 e. The van der Waals surface area contributed by atoms with Crippen molar-refractivity contribution in [2.24, 2.45) is 0 Å². The van der Waals surface area contributed by atoms with Gasteiger partial charge in [-0.3, -0.25) is 4.79 Å². The molecule has 1 aromatic carbocycles. The van der Waals surface area contributed by atoms with Gasteiger partial charge in [-0.05, 0) is 38.3 Å².